The van der Waals surface area contributed by atoms with Crippen molar-refractivity contribution in [2.45, 2.75) is 26.8 Å². The monoisotopic (exact) mass is 275 g/mol. The molecule has 0 bridgehead atoms. The van der Waals surface area contributed by atoms with Crippen molar-refractivity contribution in [1.82, 2.24) is 10.3 Å². The Balaban J connectivity index is 2.12. The van der Waals surface area contributed by atoms with Gasteiger partial charge >= 0.3 is 0 Å². The van der Waals surface area contributed by atoms with Crippen molar-refractivity contribution in [2.24, 2.45) is 0 Å². The zero-order valence-electron chi connectivity index (χ0n) is 11.2. The first kappa shape index (κ1) is 13.5. The van der Waals surface area contributed by atoms with Crippen molar-refractivity contribution < 1.29 is 4.79 Å². The number of carbonyl (C=O) groups excluding carboxylic acids is 1. The number of anilines is 1. The van der Waals surface area contributed by atoms with Crippen LogP contribution in [0.2, 0.25) is 0 Å². The highest BCUT2D eigenvalue weighted by Gasteiger charge is 2.15. The van der Waals surface area contributed by atoms with E-state index < -0.39 is 0 Å². The molecule has 0 aliphatic carbocycles. The van der Waals surface area contributed by atoms with Gasteiger partial charge in [0, 0.05) is 22.3 Å². The summed E-state index contributed by atoms with van der Waals surface area (Å²) < 4.78 is 0. The molecule has 1 unspecified atom stereocenters. The maximum atomic E-state index is 12.2. The molecular formula is C14H17N3OS. The molecule has 19 heavy (non-hydrogen) atoms. The predicted molar refractivity (Wildman–Crippen MR) is 78.3 cm³/mol. The minimum absolute atomic E-state index is 0.0943. The molecule has 4 nitrogen and oxygen atoms in total. The SMILES string of the molecule is Cc1csc(C(C)NC(=O)c2ccc(N)cc2C)n1. The fourth-order valence-electron chi connectivity index (χ4n) is 1.85. The molecule has 0 spiro atoms. The average Bonchev–Trinajstić information content (AvgIpc) is 2.75. The molecule has 100 valence electrons. The fraction of sp³-hybridized carbons (Fsp3) is 0.286. The molecule has 2 aromatic rings. The number of nitrogens with zero attached hydrogens (tertiary/aromatic N) is 1. The Bertz CT molecular complexity index is 606. The van der Waals surface area contributed by atoms with E-state index in [4.69, 9.17) is 5.73 Å². The molecule has 1 atom stereocenters. The highest BCUT2D eigenvalue weighted by atomic mass is 32.1. The molecule has 1 aromatic heterocycles. The number of aryl methyl sites for hydroxylation is 2. The molecule has 0 aliphatic heterocycles. The minimum atomic E-state index is -0.0992. The molecular weight excluding hydrogens is 258 g/mol. The van der Waals surface area contributed by atoms with E-state index in [1.54, 1.807) is 29.5 Å². The van der Waals surface area contributed by atoms with E-state index in [1.165, 1.54) is 0 Å². The zero-order chi connectivity index (χ0) is 14.0. The van der Waals surface area contributed by atoms with Crippen LogP contribution in [0.3, 0.4) is 0 Å². The van der Waals surface area contributed by atoms with Gasteiger partial charge < -0.3 is 11.1 Å². The van der Waals surface area contributed by atoms with Crippen LogP contribution in [0.5, 0.6) is 0 Å². The first-order chi connectivity index (χ1) is 8.97. The van der Waals surface area contributed by atoms with E-state index in [0.717, 1.165) is 16.3 Å². The number of hydrogen-bond donors (Lipinski definition) is 2. The van der Waals surface area contributed by atoms with Gasteiger partial charge in [-0.25, -0.2) is 4.98 Å². The van der Waals surface area contributed by atoms with Crippen LogP contribution in [-0.2, 0) is 0 Å². The summed E-state index contributed by atoms with van der Waals surface area (Å²) in [5.41, 5.74) is 8.85. The molecule has 3 N–H and O–H groups in total. The lowest BCUT2D eigenvalue weighted by Crippen LogP contribution is -2.27. The molecule has 0 radical (unpaired) electrons. The van der Waals surface area contributed by atoms with Crippen molar-refractivity contribution in [3.05, 3.63) is 45.4 Å². The van der Waals surface area contributed by atoms with Gasteiger partial charge in [-0.2, -0.15) is 0 Å². The van der Waals surface area contributed by atoms with Crippen molar-refractivity contribution in [3.63, 3.8) is 0 Å². The van der Waals surface area contributed by atoms with E-state index >= 15 is 0 Å². The van der Waals surface area contributed by atoms with Crippen LogP contribution in [-0.4, -0.2) is 10.9 Å². The normalized spacial score (nSPS) is 12.2. The lowest BCUT2D eigenvalue weighted by atomic mass is 10.1. The molecule has 2 rings (SSSR count). The predicted octanol–water partition coefficient (Wildman–Crippen LogP) is 2.83. The largest absolute Gasteiger partial charge is 0.399 e. The first-order valence-corrected chi connectivity index (χ1v) is 6.94. The second kappa shape index (κ2) is 5.40. The summed E-state index contributed by atoms with van der Waals surface area (Å²) in [7, 11) is 0. The van der Waals surface area contributed by atoms with Gasteiger partial charge in [0.25, 0.3) is 5.91 Å². The minimum Gasteiger partial charge on any atom is -0.399 e. The lowest BCUT2D eigenvalue weighted by molar-refractivity contribution is 0.0939. The van der Waals surface area contributed by atoms with Crippen LogP contribution in [0.15, 0.2) is 23.6 Å². The van der Waals surface area contributed by atoms with Crippen molar-refractivity contribution in [2.75, 3.05) is 5.73 Å². The number of hydrogen-bond acceptors (Lipinski definition) is 4. The Hall–Kier alpha value is -1.88. The number of amides is 1. The second-order valence-electron chi connectivity index (χ2n) is 4.60. The Morgan fingerprint density at radius 1 is 1.42 bits per heavy atom. The van der Waals surface area contributed by atoms with E-state index in [-0.39, 0.29) is 11.9 Å². The van der Waals surface area contributed by atoms with Gasteiger partial charge in [0.05, 0.1) is 6.04 Å². The standard InChI is InChI=1S/C14H17N3OS/c1-8-6-11(15)4-5-12(8)13(18)17-10(3)14-16-9(2)7-19-14/h4-7,10H,15H2,1-3H3,(H,17,18). The summed E-state index contributed by atoms with van der Waals surface area (Å²) in [5.74, 6) is -0.0992. The van der Waals surface area contributed by atoms with Crippen LogP contribution in [0.1, 0.15) is 39.6 Å². The highest BCUT2D eigenvalue weighted by molar-refractivity contribution is 7.09. The average molecular weight is 275 g/mol. The third-order valence-electron chi connectivity index (χ3n) is 2.85. The van der Waals surface area contributed by atoms with Crippen molar-refractivity contribution >= 4 is 22.9 Å². The summed E-state index contributed by atoms with van der Waals surface area (Å²) in [6.07, 6.45) is 0. The number of nitrogens with two attached hydrogens (primary N) is 1. The van der Waals surface area contributed by atoms with Gasteiger partial charge in [-0.1, -0.05) is 0 Å². The smallest absolute Gasteiger partial charge is 0.252 e. The molecule has 1 heterocycles. The molecule has 1 aromatic carbocycles. The maximum absolute atomic E-state index is 12.2. The summed E-state index contributed by atoms with van der Waals surface area (Å²) in [6.45, 7) is 5.75. The molecule has 1 amide bonds. The number of nitrogen functional groups attached to an aromatic ring is 1. The van der Waals surface area contributed by atoms with Crippen LogP contribution in [0.25, 0.3) is 0 Å². The number of benzene rings is 1. The summed E-state index contributed by atoms with van der Waals surface area (Å²) in [5, 5.41) is 5.85. The van der Waals surface area contributed by atoms with Gasteiger partial charge in [0.2, 0.25) is 0 Å². The third-order valence-corrected chi connectivity index (χ3v) is 4.00. The van der Waals surface area contributed by atoms with E-state index in [1.807, 2.05) is 26.2 Å². The fourth-order valence-corrected chi connectivity index (χ4v) is 2.65. The lowest BCUT2D eigenvalue weighted by Gasteiger charge is -2.13. The zero-order valence-corrected chi connectivity index (χ0v) is 12.0. The van der Waals surface area contributed by atoms with Gasteiger partial charge in [0.1, 0.15) is 5.01 Å². The topological polar surface area (TPSA) is 68.0 Å². The summed E-state index contributed by atoms with van der Waals surface area (Å²) >= 11 is 1.56. The Morgan fingerprint density at radius 3 is 2.74 bits per heavy atom. The van der Waals surface area contributed by atoms with Gasteiger partial charge in [-0.3, -0.25) is 4.79 Å². The van der Waals surface area contributed by atoms with Crippen molar-refractivity contribution in [3.8, 4) is 0 Å². The molecule has 0 saturated carbocycles. The Morgan fingerprint density at radius 2 is 2.16 bits per heavy atom. The number of thiazole rings is 1. The highest BCUT2D eigenvalue weighted by Crippen LogP contribution is 2.19. The summed E-state index contributed by atoms with van der Waals surface area (Å²) in [4.78, 5) is 16.6. The van der Waals surface area contributed by atoms with Crippen LogP contribution >= 0.6 is 11.3 Å². The van der Waals surface area contributed by atoms with Crippen LogP contribution < -0.4 is 11.1 Å². The van der Waals surface area contributed by atoms with Crippen molar-refractivity contribution in [1.29, 1.82) is 0 Å². The van der Waals surface area contributed by atoms with Gasteiger partial charge in [0.15, 0.2) is 0 Å². The van der Waals surface area contributed by atoms with Crippen LogP contribution in [0, 0.1) is 13.8 Å². The maximum Gasteiger partial charge on any atom is 0.252 e. The first-order valence-electron chi connectivity index (χ1n) is 6.06. The van der Waals surface area contributed by atoms with Gasteiger partial charge in [-0.15, -0.1) is 11.3 Å². The molecule has 0 fully saturated rings. The number of rotatable bonds is 3. The third kappa shape index (κ3) is 3.12. The van der Waals surface area contributed by atoms with Gasteiger partial charge in [-0.05, 0) is 44.5 Å². The molecule has 0 aliphatic rings. The van der Waals surface area contributed by atoms with E-state index in [9.17, 15) is 4.79 Å². The Labute approximate surface area is 116 Å². The number of nitrogens with one attached hydrogen (secondary N) is 1. The summed E-state index contributed by atoms with van der Waals surface area (Å²) in [6, 6.07) is 5.19. The van der Waals surface area contributed by atoms with Crippen LogP contribution in [0.4, 0.5) is 5.69 Å². The number of carbonyl (C=O) groups is 1. The molecule has 0 saturated heterocycles. The number of aromatic nitrogens is 1. The van der Waals surface area contributed by atoms with E-state index in [2.05, 4.69) is 10.3 Å². The quantitative estimate of drug-likeness (QED) is 0.846. The van der Waals surface area contributed by atoms with E-state index in [0.29, 0.717) is 11.3 Å². The Kier molecular flexibility index (Phi) is 3.85. The second-order valence-corrected chi connectivity index (χ2v) is 5.49. The molecule has 5 heteroatoms.